The van der Waals surface area contributed by atoms with E-state index in [1.165, 1.54) is 18.2 Å². The Balaban J connectivity index is 0.00000242. The SMILES string of the molecule is CCCN1CCC(NS(=O)(=O)c2ccc(F)cc2C)CC1.Cl. The minimum absolute atomic E-state index is 0. The number of benzene rings is 1. The van der Waals surface area contributed by atoms with Crippen molar-refractivity contribution in [2.24, 2.45) is 0 Å². The third-order valence-electron chi connectivity index (χ3n) is 3.88. The first kappa shape index (κ1) is 19.4. The molecule has 0 saturated carbocycles. The molecule has 1 fully saturated rings. The molecule has 126 valence electrons. The summed E-state index contributed by atoms with van der Waals surface area (Å²) in [6.45, 7) is 6.66. The van der Waals surface area contributed by atoms with Crippen molar-refractivity contribution in [3.05, 3.63) is 29.6 Å². The van der Waals surface area contributed by atoms with Gasteiger partial charge in [-0.05, 0) is 69.6 Å². The van der Waals surface area contributed by atoms with E-state index < -0.39 is 15.8 Å². The van der Waals surface area contributed by atoms with Gasteiger partial charge in [0, 0.05) is 6.04 Å². The minimum atomic E-state index is -3.57. The van der Waals surface area contributed by atoms with Crippen LogP contribution in [0.3, 0.4) is 0 Å². The lowest BCUT2D eigenvalue weighted by atomic mass is 10.1. The molecule has 0 unspecified atom stereocenters. The van der Waals surface area contributed by atoms with E-state index in [1.807, 2.05) is 0 Å². The second kappa shape index (κ2) is 8.24. The lowest BCUT2D eigenvalue weighted by Crippen LogP contribution is -2.44. The summed E-state index contributed by atoms with van der Waals surface area (Å²) < 4.78 is 40.6. The third kappa shape index (κ3) is 4.91. The van der Waals surface area contributed by atoms with Gasteiger partial charge in [-0.2, -0.15) is 0 Å². The van der Waals surface area contributed by atoms with Crippen molar-refractivity contribution in [2.45, 2.75) is 44.0 Å². The van der Waals surface area contributed by atoms with Gasteiger partial charge in [-0.25, -0.2) is 17.5 Å². The molecule has 0 atom stereocenters. The summed E-state index contributed by atoms with van der Waals surface area (Å²) in [6, 6.07) is 3.73. The Morgan fingerprint density at radius 1 is 1.32 bits per heavy atom. The quantitative estimate of drug-likeness (QED) is 0.888. The van der Waals surface area contributed by atoms with Crippen LogP contribution in [0, 0.1) is 12.7 Å². The summed E-state index contributed by atoms with van der Waals surface area (Å²) >= 11 is 0. The molecular weight excluding hydrogens is 327 g/mol. The number of halogens is 2. The van der Waals surface area contributed by atoms with Crippen LogP contribution in [-0.2, 0) is 10.0 Å². The average Bonchev–Trinajstić information content (AvgIpc) is 2.40. The normalized spacial score (nSPS) is 17.2. The van der Waals surface area contributed by atoms with Crippen LogP contribution < -0.4 is 4.72 Å². The fourth-order valence-electron chi connectivity index (χ4n) is 2.79. The maximum absolute atomic E-state index is 13.1. The van der Waals surface area contributed by atoms with Crippen LogP contribution in [0.2, 0.25) is 0 Å². The molecule has 0 radical (unpaired) electrons. The Morgan fingerprint density at radius 2 is 1.95 bits per heavy atom. The summed E-state index contributed by atoms with van der Waals surface area (Å²) in [5, 5.41) is 0. The fourth-order valence-corrected chi connectivity index (χ4v) is 4.32. The van der Waals surface area contributed by atoms with Crippen molar-refractivity contribution in [2.75, 3.05) is 19.6 Å². The van der Waals surface area contributed by atoms with E-state index in [9.17, 15) is 12.8 Å². The van der Waals surface area contributed by atoms with Crippen LogP contribution in [0.1, 0.15) is 31.7 Å². The van der Waals surface area contributed by atoms with Crippen molar-refractivity contribution in [1.29, 1.82) is 0 Å². The van der Waals surface area contributed by atoms with E-state index in [1.54, 1.807) is 6.92 Å². The molecule has 0 aromatic heterocycles. The van der Waals surface area contributed by atoms with E-state index in [4.69, 9.17) is 0 Å². The first-order valence-corrected chi connectivity index (χ1v) is 8.91. The summed E-state index contributed by atoms with van der Waals surface area (Å²) in [7, 11) is -3.57. The van der Waals surface area contributed by atoms with Crippen LogP contribution in [0.15, 0.2) is 23.1 Å². The number of likely N-dealkylation sites (tertiary alicyclic amines) is 1. The van der Waals surface area contributed by atoms with Gasteiger partial charge in [-0.15, -0.1) is 12.4 Å². The molecule has 1 heterocycles. The number of aryl methyl sites for hydroxylation is 1. The minimum Gasteiger partial charge on any atom is -0.303 e. The molecule has 1 saturated heterocycles. The van der Waals surface area contributed by atoms with Gasteiger partial charge >= 0.3 is 0 Å². The van der Waals surface area contributed by atoms with Crippen molar-refractivity contribution in [3.8, 4) is 0 Å². The predicted octanol–water partition coefficient (Wildman–Crippen LogP) is 2.71. The van der Waals surface area contributed by atoms with Crippen molar-refractivity contribution >= 4 is 22.4 Å². The van der Waals surface area contributed by atoms with Crippen LogP contribution in [0.5, 0.6) is 0 Å². The molecule has 1 N–H and O–H groups in total. The number of rotatable bonds is 5. The number of nitrogens with zero attached hydrogens (tertiary/aromatic N) is 1. The zero-order chi connectivity index (χ0) is 15.5. The van der Waals surface area contributed by atoms with E-state index in [2.05, 4.69) is 16.5 Å². The topological polar surface area (TPSA) is 49.4 Å². The molecule has 7 heteroatoms. The first-order chi connectivity index (χ1) is 9.92. The highest BCUT2D eigenvalue weighted by molar-refractivity contribution is 7.89. The lowest BCUT2D eigenvalue weighted by molar-refractivity contribution is 0.208. The average molecular weight is 351 g/mol. The molecule has 1 aromatic rings. The molecule has 0 spiro atoms. The smallest absolute Gasteiger partial charge is 0.241 e. The van der Waals surface area contributed by atoms with Crippen LogP contribution >= 0.6 is 12.4 Å². The van der Waals surface area contributed by atoms with Crippen molar-refractivity contribution in [3.63, 3.8) is 0 Å². The Morgan fingerprint density at radius 3 is 2.50 bits per heavy atom. The molecule has 4 nitrogen and oxygen atoms in total. The highest BCUT2D eigenvalue weighted by Gasteiger charge is 2.25. The summed E-state index contributed by atoms with van der Waals surface area (Å²) in [5.74, 6) is -0.417. The molecule has 0 aliphatic carbocycles. The number of sulfonamides is 1. The summed E-state index contributed by atoms with van der Waals surface area (Å²) in [5.41, 5.74) is 0.436. The van der Waals surface area contributed by atoms with Crippen molar-refractivity contribution in [1.82, 2.24) is 9.62 Å². The third-order valence-corrected chi connectivity index (χ3v) is 5.56. The zero-order valence-corrected chi connectivity index (χ0v) is 14.6. The van der Waals surface area contributed by atoms with Gasteiger partial charge in [-0.1, -0.05) is 6.92 Å². The second-order valence-corrected chi connectivity index (χ2v) is 7.33. The number of hydrogen-bond donors (Lipinski definition) is 1. The number of hydrogen-bond acceptors (Lipinski definition) is 3. The molecule has 0 amide bonds. The molecular formula is C15H24ClFN2O2S. The Kier molecular flexibility index (Phi) is 7.25. The Labute approximate surface area is 138 Å². The second-order valence-electron chi connectivity index (χ2n) is 5.65. The van der Waals surface area contributed by atoms with Gasteiger partial charge in [-0.3, -0.25) is 0 Å². The Bertz CT molecular complexity index is 587. The van der Waals surface area contributed by atoms with Gasteiger partial charge in [0.2, 0.25) is 10.0 Å². The largest absolute Gasteiger partial charge is 0.303 e. The number of piperidine rings is 1. The van der Waals surface area contributed by atoms with Gasteiger partial charge in [0.1, 0.15) is 5.82 Å². The van der Waals surface area contributed by atoms with E-state index >= 15 is 0 Å². The van der Waals surface area contributed by atoms with Gasteiger partial charge in [0.05, 0.1) is 4.90 Å². The summed E-state index contributed by atoms with van der Waals surface area (Å²) in [4.78, 5) is 2.52. The van der Waals surface area contributed by atoms with Gasteiger partial charge < -0.3 is 4.90 Å². The van der Waals surface area contributed by atoms with Crippen LogP contribution in [-0.4, -0.2) is 39.0 Å². The van der Waals surface area contributed by atoms with E-state index in [-0.39, 0.29) is 23.3 Å². The van der Waals surface area contributed by atoms with Gasteiger partial charge in [0.15, 0.2) is 0 Å². The Hall–Kier alpha value is -0.690. The standard InChI is InChI=1S/C15H23FN2O2S.ClH/c1-3-8-18-9-6-14(7-10-18)17-21(19,20)15-5-4-13(16)11-12(15)2;/h4-5,11,14,17H,3,6-10H2,1-2H3;1H. The predicted molar refractivity (Wildman–Crippen MR) is 88.5 cm³/mol. The molecule has 22 heavy (non-hydrogen) atoms. The zero-order valence-electron chi connectivity index (χ0n) is 13.0. The first-order valence-electron chi connectivity index (χ1n) is 7.43. The van der Waals surface area contributed by atoms with Gasteiger partial charge in [0.25, 0.3) is 0 Å². The van der Waals surface area contributed by atoms with E-state index in [0.717, 1.165) is 38.9 Å². The number of nitrogens with one attached hydrogen (secondary N) is 1. The van der Waals surface area contributed by atoms with Crippen LogP contribution in [0.4, 0.5) is 4.39 Å². The lowest BCUT2D eigenvalue weighted by Gasteiger charge is -2.32. The van der Waals surface area contributed by atoms with Crippen molar-refractivity contribution < 1.29 is 12.8 Å². The van der Waals surface area contributed by atoms with Crippen LogP contribution in [0.25, 0.3) is 0 Å². The fraction of sp³-hybridized carbons (Fsp3) is 0.600. The highest BCUT2D eigenvalue weighted by Crippen LogP contribution is 2.19. The molecule has 2 rings (SSSR count). The maximum Gasteiger partial charge on any atom is 0.241 e. The monoisotopic (exact) mass is 350 g/mol. The highest BCUT2D eigenvalue weighted by atomic mass is 35.5. The van der Waals surface area contributed by atoms with E-state index in [0.29, 0.717) is 5.56 Å². The molecule has 1 aromatic carbocycles. The maximum atomic E-state index is 13.1. The summed E-state index contributed by atoms with van der Waals surface area (Å²) in [6.07, 6.45) is 2.75. The molecule has 1 aliphatic heterocycles. The molecule has 1 aliphatic rings. The molecule has 0 bridgehead atoms.